The Balaban J connectivity index is 2.02. The highest BCUT2D eigenvalue weighted by Crippen LogP contribution is 2.30. The Morgan fingerprint density at radius 2 is 2.00 bits per heavy atom. The lowest BCUT2D eigenvalue weighted by Gasteiger charge is -2.22. The fourth-order valence-electron chi connectivity index (χ4n) is 3.12. The molecule has 2 aromatic carbocycles. The second-order valence-electron chi connectivity index (χ2n) is 5.92. The van der Waals surface area contributed by atoms with E-state index in [1.54, 1.807) is 36.4 Å². The molecule has 2 aromatic rings. The Kier molecular flexibility index (Phi) is 4.70. The first-order valence-electron chi connectivity index (χ1n) is 7.99. The van der Waals surface area contributed by atoms with Crippen molar-refractivity contribution in [3.8, 4) is 16.9 Å². The summed E-state index contributed by atoms with van der Waals surface area (Å²) in [7, 11) is 1.46. The van der Waals surface area contributed by atoms with E-state index in [2.05, 4.69) is 0 Å². The molecule has 0 bridgehead atoms. The Bertz CT molecular complexity index is 821. The fraction of sp³-hybridized carbons (Fsp3) is 0.263. The van der Waals surface area contributed by atoms with Crippen LogP contribution in [0.3, 0.4) is 0 Å². The summed E-state index contributed by atoms with van der Waals surface area (Å²) in [6.45, 7) is 0.391. The van der Waals surface area contributed by atoms with Gasteiger partial charge in [-0.05, 0) is 42.7 Å². The third kappa shape index (κ3) is 3.33. The number of hydrogen-bond acceptors (Lipinski definition) is 3. The van der Waals surface area contributed by atoms with Crippen molar-refractivity contribution in [2.75, 3.05) is 13.7 Å². The van der Waals surface area contributed by atoms with Crippen LogP contribution < -0.4 is 4.74 Å². The minimum Gasteiger partial charge on any atom is -0.497 e. The fourth-order valence-corrected chi connectivity index (χ4v) is 3.12. The normalized spacial score (nSPS) is 16.7. The molecule has 130 valence electrons. The number of carboxylic acid groups (broad SMARTS) is 1. The molecule has 3 rings (SSSR count). The van der Waals surface area contributed by atoms with Crippen LogP contribution in [0.4, 0.5) is 4.39 Å². The summed E-state index contributed by atoms with van der Waals surface area (Å²) in [5.41, 5.74) is 1.14. The first kappa shape index (κ1) is 17.0. The van der Waals surface area contributed by atoms with Crippen molar-refractivity contribution in [2.24, 2.45) is 0 Å². The lowest BCUT2D eigenvalue weighted by molar-refractivity contribution is -0.141. The third-order valence-electron chi connectivity index (χ3n) is 4.37. The second-order valence-corrected chi connectivity index (χ2v) is 5.92. The summed E-state index contributed by atoms with van der Waals surface area (Å²) in [6, 6.07) is 10.2. The monoisotopic (exact) mass is 343 g/mol. The molecule has 1 aliphatic rings. The molecule has 5 nitrogen and oxygen atoms in total. The number of likely N-dealkylation sites (tertiary alicyclic amines) is 1. The van der Waals surface area contributed by atoms with Gasteiger partial charge >= 0.3 is 5.97 Å². The van der Waals surface area contributed by atoms with E-state index in [-0.39, 0.29) is 11.5 Å². The molecule has 1 amide bonds. The van der Waals surface area contributed by atoms with Gasteiger partial charge in [-0.25, -0.2) is 9.18 Å². The average Bonchev–Trinajstić information content (AvgIpc) is 3.11. The van der Waals surface area contributed by atoms with E-state index in [9.17, 15) is 19.1 Å². The number of ether oxygens (including phenoxy) is 1. The summed E-state index contributed by atoms with van der Waals surface area (Å²) in [6.07, 6.45) is 1.08. The number of nitrogens with zero attached hydrogens (tertiary/aromatic N) is 1. The van der Waals surface area contributed by atoms with Gasteiger partial charge in [0.25, 0.3) is 5.91 Å². The van der Waals surface area contributed by atoms with Crippen LogP contribution in [0.15, 0.2) is 42.5 Å². The van der Waals surface area contributed by atoms with Gasteiger partial charge in [0.1, 0.15) is 17.6 Å². The highest BCUT2D eigenvalue weighted by atomic mass is 19.1. The maximum Gasteiger partial charge on any atom is 0.326 e. The van der Waals surface area contributed by atoms with E-state index in [1.165, 1.54) is 18.1 Å². The topological polar surface area (TPSA) is 66.8 Å². The molecule has 1 aliphatic heterocycles. The van der Waals surface area contributed by atoms with Crippen molar-refractivity contribution in [1.82, 2.24) is 4.90 Å². The van der Waals surface area contributed by atoms with Gasteiger partial charge in [0.2, 0.25) is 0 Å². The number of carboxylic acids is 1. The number of carbonyl (C=O) groups excluding carboxylic acids is 1. The highest BCUT2D eigenvalue weighted by molar-refractivity contribution is 5.98. The molecule has 1 unspecified atom stereocenters. The van der Waals surface area contributed by atoms with E-state index in [0.717, 1.165) is 0 Å². The molecule has 1 atom stereocenters. The predicted molar refractivity (Wildman–Crippen MR) is 90.1 cm³/mol. The second kappa shape index (κ2) is 6.93. The Hall–Kier alpha value is -2.89. The third-order valence-corrected chi connectivity index (χ3v) is 4.37. The van der Waals surface area contributed by atoms with E-state index < -0.39 is 17.8 Å². The van der Waals surface area contributed by atoms with Gasteiger partial charge in [-0.2, -0.15) is 0 Å². The van der Waals surface area contributed by atoms with Gasteiger partial charge < -0.3 is 14.7 Å². The zero-order valence-electron chi connectivity index (χ0n) is 13.7. The smallest absolute Gasteiger partial charge is 0.326 e. The predicted octanol–water partition coefficient (Wildman–Crippen LogP) is 3.19. The van der Waals surface area contributed by atoms with Crippen LogP contribution in [0.5, 0.6) is 5.75 Å². The number of benzene rings is 2. The molecule has 0 spiro atoms. The Morgan fingerprint density at radius 3 is 2.68 bits per heavy atom. The SMILES string of the molecule is COc1cc(C(=O)N2CCCC2C(=O)O)cc(-c2ccccc2F)c1. The molecule has 0 aromatic heterocycles. The van der Waals surface area contributed by atoms with Gasteiger partial charge in [-0.1, -0.05) is 18.2 Å². The summed E-state index contributed by atoms with van der Waals surface area (Å²) < 4.78 is 19.3. The van der Waals surface area contributed by atoms with Crippen molar-refractivity contribution in [2.45, 2.75) is 18.9 Å². The lowest BCUT2D eigenvalue weighted by Crippen LogP contribution is -2.40. The van der Waals surface area contributed by atoms with E-state index in [4.69, 9.17) is 4.74 Å². The molecular weight excluding hydrogens is 325 g/mol. The number of halogens is 1. The number of aliphatic carboxylic acids is 1. The number of methoxy groups -OCH3 is 1. The largest absolute Gasteiger partial charge is 0.497 e. The van der Waals surface area contributed by atoms with Crippen LogP contribution >= 0.6 is 0 Å². The maximum atomic E-state index is 14.1. The quantitative estimate of drug-likeness (QED) is 0.926. The number of hydrogen-bond donors (Lipinski definition) is 1. The standard InChI is InChI=1S/C19H18FNO4/c1-25-14-10-12(15-5-2-3-6-16(15)20)9-13(11-14)18(22)21-8-4-7-17(21)19(23)24/h2-3,5-6,9-11,17H,4,7-8H2,1H3,(H,23,24). The van der Waals surface area contributed by atoms with Crippen molar-refractivity contribution < 1.29 is 23.8 Å². The van der Waals surface area contributed by atoms with Gasteiger partial charge in [-0.3, -0.25) is 4.79 Å². The van der Waals surface area contributed by atoms with Crippen LogP contribution in [0.2, 0.25) is 0 Å². The molecule has 0 radical (unpaired) electrons. The van der Waals surface area contributed by atoms with Crippen LogP contribution in [0, 0.1) is 5.82 Å². The number of amides is 1. The van der Waals surface area contributed by atoms with Crippen molar-refractivity contribution in [3.05, 3.63) is 53.8 Å². The zero-order valence-corrected chi connectivity index (χ0v) is 13.7. The van der Waals surface area contributed by atoms with Gasteiger partial charge in [0.05, 0.1) is 7.11 Å². The lowest BCUT2D eigenvalue weighted by atomic mass is 10.0. The van der Waals surface area contributed by atoms with Crippen molar-refractivity contribution >= 4 is 11.9 Å². The molecule has 25 heavy (non-hydrogen) atoms. The summed E-state index contributed by atoms with van der Waals surface area (Å²) in [4.78, 5) is 25.5. The van der Waals surface area contributed by atoms with Crippen LogP contribution in [0.1, 0.15) is 23.2 Å². The van der Waals surface area contributed by atoms with Gasteiger partial charge in [0.15, 0.2) is 0 Å². The molecular formula is C19H18FNO4. The molecule has 0 saturated carbocycles. The average molecular weight is 343 g/mol. The van der Waals surface area contributed by atoms with Crippen LogP contribution in [0.25, 0.3) is 11.1 Å². The highest BCUT2D eigenvalue weighted by Gasteiger charge is 2.34. The Morgan fingerprint density at radius 1 is 1.24 bits per heavy atom. The minimum atomic E-state index is -1.01. The Labute approximate surface area is 144 Å². The molecule has 1 saturated heterocycles. The van der Waals surface area contributed by atoms with Gasteiger partial charge in [0, 0.05) is 17.7 Å². The summed E-state index contributed by atoms with van der Waals surface area (Å²) in [5.74, 6) is -1.39. The van der Waals surface area contributed by atoms with E-state index in [0.29, 0.717) is 36.3 Å². The van der Waals surface area contributed by atoms with Crippen molar-refractivity contribution in [3.63, 3.8) is 0 Å². The molecule has 6 heteroatoms. The van der Waals surface area contributed by atoms with Crippen LogP contribution in [-0.2, 0) is 4.79 Å². The number of carbonyl (C=O) groups is 2. The first-order valence-corrected chi connectivity index (χ1v) is 7.99. The zero-order chi connectivity index (χ0) is 18.0. The summed E-state index contributed by atoms with van der Waals surface area (Å²) in [5, 5.41) is 9.28. The van der Waals surface area contributed by atoms with Crippen LogP contribution in [-0.4, -0.2) is 41.6 Å². The number of rotatable bonds is 4. The molecule has 1 N–H and O–H groups in total. The maximum absolute atomic E-state index is 14.1. The van der Waals surface area contributed by atoms with E-state index >= 15 is 0 Å². The van der Waals surface area contributed by atoms with Gasteiger partial charge in [-0.15, -0.1) is 0 Å². The summed E-state index contributed by atoms with van der Waals surface area (Å²) >= 11 is 0. The van der Waals surface area contributed by atoms with Crippen molar-refractivity contribution in [1.29, 1.82) is 0 Å². The molecule has 1 fully saturated rings. The molecule has 1 heterocycles. The molecule has 0 aliphatic carbocycles. The minimum absolute atomic E-state index is 0.283. The van der Waals surface area contributed by atoms with E-state index in [1.807, 2.05) is 0 Å². The first-order chi connectivity index (χ1) is 12.0.